The van der Waals surface area contributed by atoms with Crippen LogP contribution >= 0.6 is 11.8 Å². The van der Waals surface area contributed by atoms with Gasteiger partial charge in [-0.2, -0.15) is 0 Å². The van der Waals surface area contributed by atoms with Crippen molar-refractivity contribution in [3.05, 3.63) is 60.2 Å². The van der Waals surface area contributed by atoms with Gasteiger partial charge in [0.1, 0.15) is 0 Å². The number of benzene rings is 2. The first-order valence-electron chi connectivity index (χ1n) is 7.33. The Bertz CT molecular complexity index is 598. The first-order valence-corrected chi connectivity index (χ1v) is 7.71. The average Bonchev–Trinajstić information content (AvgIpc) is 2.55. The minimum atomic E-state index is -0.795. The summed E-state index contributed by atoms with van der Waals surface area (Å²) < 4.78 is 0. The summed E-state index contributed by atoms with van der Waals surface area (Å²) >= 11 is 5.75. The van der Waals surface area contributed by atoms with Gasteiger partial charge in [0.25, 0.3) is 0 Å². The Kier molecular flexibility index (Phi) is 5.99. The molecule has 0 aromatic heterocycles. The average molecular weight is 318 g/mol. The molecule has 22 heavy (non-hydrogen) atoms. The smallest absolute Gasteiger partial charge is 0.306 e. The fourth-order valence-electron chi connectivity index (χ4n) is 2.44. The van der Waals surface area contributed by atoms with Crippen molar-refractivity contribution >= 4 is 17.7 Å². The number of carbonyl (C=O) groups is 1. The molecule has 0 saturated heterocycles. The summed E-state index contributed by atoms with van der Waals surface area (Å²) in [6.07, 6.45) is 1.20. The first kappa shape index (κ1) is 16.5. The van der Waals surface area contributed by atoms with Gasteiger partial charge in [0.15, 0.2) is 0 Å². The first-order chi connectivity index (χ1) is 10.6. The monoisotopic (exact) mass is 317 g/mol. The van der Waals surface area contributed by atoms with Gasteiger partial charge in [-0.1, -0.05) is 61.5 Å². The maximum absolute atomic E-state index is 10.9. The van der Waals surface area contributed by atoms with Crippen molar-refractivity contribution < 1.29 is 9.90 Å². The van der Waals surface area contributed by atoms with Crippen LogP contribution in [0.3, 0.4) is 0 Å². The van der Waals surface area contributed by atoms with Gasteiger partial charge in [0.2, 0.25) is 0 Å². The van der Waals surface area contributed by atoms with Crippen LogP contribution in [0.15, 0.2) is 54.6 Å². The van der Waals surface area contributed by atoms with E-state index >= 15 is 0 Å². The maximum atomic E-state index is 10.9. The van der Waals surface area contributed by atoms with E-state index in [1.807, 2.05) is 18.2 Å². The molecule has 2 aromatic carbocycles. The summed E-state index contributed by atoms with van der Waals surface area (Å²) in [5.74, 6) is -1.21. The highest BCUT2D eigenvalue weighted by atomic mass is 35.5. The SMILES string of the molecule is C[C@@H](C[C@H](Cc1ccc(-c2ccccc2)cc1)NCl)C(=O)O. The van der Waals surface area contributed by atoms with Gasteiger partial charge in [-0.25, -0.2) is 4.84 Å². The Morgan fingerprint density at radius 3 is 2.23 bits per heavy atom. The van der Waals surface area contributed by atoms with E-state index in [9.17, 15) is 4.79 Å². The molecule has 2 aromatic rings. The molecule has 0 aliphatic rings. The molecule has 0 saturated carbocycles. The third-order valence-corrected chi connectivity index (χ3v) is 4.07. The van der Waals surface area contributed by atoms with Gasteiger partial charge in [-0.15, -0.1) is 0 Å². The Labute approximate surface area is 136 Å². The van der Waals surface area contributed by atoms with Crippen LogP contribution < -0.4 is 4.84 Å². The Morgan fingerprint density at radius 1 is 1.09 bits per heavy atom. The van der Waals surface area contributed by atoms with Crippen molar-refractivity contribution in [2.75, 3.05) is 0 Å². The van der Waals surface area contributed by atoms with Gasteiger partial charge in [-0.05, 0) is 41.3 Å². The summed E-state index contributed by atoms with van der Waals surface area (Å²) in [5, 5.41) is 8.98. The van der Waals surface area contributed by atoms with Gasteiger partial charge >= 0.3 is 5.97 Å². The number of rotatable bonds is 7. The normalized spacial score (nSPS) is 13.5. The molecule has 116 valence electrons. The molecule has 2 N–H and O–H groups in total. The van der Waals surface area contributed by atoms with Crippen LogP contribution in [0.25, 0.3) is 11.1 Å². The number of hydrogen-bond donors (Lipinski definition) is 2. The zero-order valence-corrected chi connectivity index (χ0v) is 13.3. The van der Waals surface area contributed by atoms with Crippen LogP contribution in [0.1, 0.15) is 18.9 Å². The van der Waals surface area contributed by atoms with Crippen LogP contribution in [0.5, 0.6) is 0 Å². The molecule has 0 bridgehead atoms. The maximum Gasteiger partial charge on any atom is 0.306 e. The Morgan fingerprint density at radius 2 is 1.68 bits per heavy atom. The van der Waals surface area contributed by atoms with Crippen molar-refractivity contribution in [3.8, 4) is 11.1 Å². The molecular weight excluding hydrogens is 298 g/mol. The van der Waals surface area contributed by atoms with Gasteiger partial charge in [0, 0.05) is 6.04 Å². The molecule has 0 aliphatic carbocycles. The van der Waals surface area contributed by atoms with Crippen molar-refractivity contribution in [1.29, 1.82) is 0 Å². The fourth-order valence-corrected chi connectivity index (χ4v) is 2.61. The number of carboxylic acid groups (broad SMARTS) is 1. The second-order valence-electron chi connectivity index (χ2n) is 5.55. The zero-order valence-electron chi connectivity index (χ0n) is 12.5. The van der Waals surface area contributed by atoms with Gasteiger partial charge < -0.3 is 5.11 Å². The lowest BCUT2D eigenvalue weighted by atomic mass is 9.95. The van der Waals surface area contributed by atoms with Crippen molar-refractivity contribution in [2.24, 2.45) is 5.92 Å². The number of halogens is 1. The molecule has 2 atom stereocenters. The second kappa shape index (κ2) is 7.97. The molecule has 0 fully saturated rings. The molecule has 0 spiro atoms. The van der Waals surface area contributed by atoms with Crippen LogP contribution in [-0.2, 0) is 11.2 Å². The van der Waals surface area contributed by atoms with E-state index in [4.69, 9.17) is 16.9 Å². The summed E-state index contributed by atoms with van der Waals surface area (Å²) in [6.45, 7) is 1.70. The fraction of sp³-hybridized carbons (Fsp3) is 0.278. The molecule has 0 unspecified atom stereocenters. The molecule has 0 radical (unpaired) electrons. The number of hydrogen-bond acceptors (Lipinski definition) is 2. The predicted octanol–water partition coefficient (Wildman–Crippen LogP) is 4.12. The number of nitrogens with one attached hydrogen (secondary N) is 1. The lowest BCUT2D eigenvalue weighted by Crippen LogP contribution is -2.28. The minimum Gasteiger partial charge on any atom is -0.481 e. The topological polar surface area (TPSA) is 49.3 Å². The third kappa shape index (κ3) is 4.58. The van der Waals surface area contributed by atoms with Crippen LogP contribution in [0.4, 0.5) is 0 Å². The second-order valence-corrected chi connectivity index (χ2v) is 5.77. The quantitative estimate of drug-likeness (QED) is 0.755. The summed E-state index contributed by atoms with van der Waals surface area (Å²) in [6, 6.07) is 18.4. The molecule has 0 amide bonds. The third-order valence-electron chi connectivity index (χ3n) is 3.76. The van der Waals surface area contributed by atoms with E-state index in [0.29, 0.717) is 12.8 Å². The van der Waals surface area contributed by atoms with Crippen LogP contribution in [-0.4, -0.2) is 17.1 Å². The largest absolute Gasteiger partial charge is 0.481 e. The number of carboxylic acids is 1. The van der Waals surface area contributed by atoms with Gasteiger partial charge in [-0.3, -0.25) is 4.79 Å². The summed E-state index contributed by atoms with van der Waals surface area (Å²) in [5.41, 5.74) is 3.48. The zero-order chi connectivity index (χ0) is 15.9. The van der Waals surface area contributed by atoms with Crippen LogP contribution in [0.2, 0.25) is 0 Å². The lowest BCUT2D eigenvalue weighted by Gasteiger charge is -2.17. The van der Waals surface area contributed by atoms with Gasteiger partial charge in [0.05, 0.1) is 5.92 Å². The summed E-state index contributed by atoms with van der Waals surface area (Å²) in [7, 11) is 0. The standard InChI is InChI=1S/C18H20ClNO2/c1-13(18(21)22)11-17(20-19)12-14-7-9-16(10-8-14)15-5-3-2-4-6-15/h2-10,13,17,20H,11-12H2,1H3,(H,21,22)/t13-,17+/m0/s1. The molecule has 0 heterocycles. The van der Waals surface area contributed by atoms with Crippen LogP contribution in [0, 0.1) is 5.92 Å². The van der Waals surface area contributed by atoms with E-state index in [1.54, 1.807) is 6.92 Å². The highest BCUT2D eigenvalue weighted by Gasteiger charge is 2.18. The summed E-state index contributed by atoms with van der Waals surface area (Å²) in [4.78, 5) is 13.6. The molecule has 2 rings (SSSR count). The predicted molar refractivity (Wildman–Crippen MR) is 89.8 cm³/mol. The van der Waals surface area contributed by atoms with E-state index in [2.05, 4.69) is 41.2 Å². The van der Waals surface area contributed by atoms with Crippen molar-refractivity contribution in [3.63, 3.8) is 0 Å². The lowest BCUT2D eigenvalue weighted by molar-refractivity contribution is -0.141. The van der Waals surface area contributed by atoms with E-state index in [0.717, 1.165) is 5.56 Å². The Balaban J connectivity index is 2.02. The molecule has 4 heteroatoms. The minimum absolute atomic E-state index is 0.0599. The molecule has 3 nitrogen and oxygen atoms in total. The van der Waals surface area contributed by atoms with E-state index in [-0.39, 0.29) is 6.04 Å². The van der Waals surface area contributed by atoms with E-state index in [1.165, 1.54) is 11.1 Å². The highest BCUT2D eigenvalue weighted by molar-refractivity contribution is 6.13. The number of aliphatic carboxylic acids is 1. The highest BCUT2D eigenvalue weighted by Crippen LogP contribution is 2.20. The Hall–Kier alpha value is -1.84. The van der Waals surface area contributed by atoms with Crippen molar-refractivity contribution in [1.82, 2.24) is 4.84 Å². The van der Waals surface area contributed by atoms with Crippen molar-refractivity contribution in [2.45, 2.75) is 25.8 Å². The van der Waals surface area contributed by atoms with E-state index < -0.39 is 11.9 Å². The molecule has 0 aliphatic heterocycles. The molecular formula is C18H20ClNO2.